The van der Waals surface area contributed by atoms with Crippen LogP contribution in [0.2, 0.25) is 0 Å². The van der Waals surface area contributed by atoms with Crippen molar-refractivity contribution in [1.82, 2.24) is 19.9 Å². The zero-order valence-electron chi connectivity index (χ0n) is 17.9. The van der Waals surface area contributed by atoms with Crippen LogP contribution >= 0.6 is 0 Å². The molecular formula is C22H24N6O4. The summed E-state index contributed by atoms with van der Waals surface area (Å²) in [5.41, 5.74) is 2.82. The number of amides is 1. The first-order valence-electron chi connectivity index (χ1n) is 10.3. The van der Waals surface area contributed by atoms with Gasteiger partial charge in [0.1, 0.15) is 17.6 Å². The second-order valence-corrected chi connectivity index (χ2v) is 7.46. The van der Waals surface area contributed by atoms with Crippen LogP contribution in [-0.2, 0) is 4.74 Å². The van der Waals surface area contributed by atoms with Crippen molar-refractivity contribution >= 4 is 17.4 Å². The lowest BCUT2D eigenvalue weighted by Crippen LogP contribution is -2.54. The number of anilines is 1. The molecule has 0 spiro atoms. The number of pyridine rings is 2. The molecule has 10 nitrogen and oxygen atoms in total. The van der Waals surface area contributed by atoms with E-state index in [4.69, 9.17) is 14.6 Å². The molecular weight excluding hydrogens is 412 g/mol. The molecule has 2 unspecified atom stereocenters. The molecule has 4 rings (SSSR count). The van der Waals surface area contributed by atoms with Crippen LogP contribution < -0.4 is 15.0 Å². The molecule has 3 aromatic rings. The van der Waals surface area contributed by atoms with E-state index in [1.165, 1.54) is 6.20 Å². The highest BCUT2D eigenvalue weighted by Gasteiger charge is 2.31. The summed E-state index contributed by atoms with van der Waals surface area (Å²) in [4.78, 5) is 17.7. The van der Waals surface area contributed by atoms with Gasteiger partial charge in [-0.1, -0.05) is 0 Å². The first kappa shape index (κ1) is 21.4. The summed E-state index contributed by atoms with van der Waals surface area (Å²) in [5.74, 6) is 1.43. The highest BCUT2D eigenvalue weighted by atomic mass is 16.5. The highest BCUT2D eigenvalue weighted by molar-refractivity contribution is 5.85. The summed E-state index contributed by atoms with van der Waals surface area (Å²) in [6, 6.07) is 7.69. The number of nitriles is 1. The van der Waals surface area contributed by atoms with Crippen molar-refractivity contribution in [3.63, 3.8) is 0 Å². The Hall–Kier alpha value is -3.84. The van der Waals surface area contributed by atoms with Gasteiger partial charge in [0.15, 0.2) is 0 Å². The minimum absolute atomic E-state index is 0.256. The number of aromatic nitrogens is 3. The van der Waals surface area contributed by atoms with E-state index in [1.807, 2.05) is 25.1 Å². The van der Waals surface area contributed by atoms with E-state index in [1.54, 1.807) is 24.0 Å². The van der Waals surface area contributed by atoms with E-state index < -0.39 is 6.09 Å². The molecule has 1 saturated heterocycles. The summed E-state index contributed by atoms with van der Waals surface area (Å²) in [7, 11) is 1.58. The average Bonchev–Trinajstić information content (AvgIpc) is 3.22. The summed E-state index contributed by atoms with van der Waals surface area (Å²) in [6.45, 7) is 3.61. The maximum atomic E-state index is 11.0. The first-order chi connectivity index (χ1) is 15.5. The van der Waals surface area contributed by atoms with Crippen molar-refractivity contribution < 1.29 is 19.4 Å². The van der Waals surface area contributed by atoms with Gasteiger partial charge in [-0.3, -0.25) is 0 Å². The third kappa shape index (κ3) is 4.15. The lowest BCUT2D eigenvalue weighted by Gasteiger charge is -2.38. The van der Waals surface area contributed by atoms with E-state index in [0.29, 0.717) is 42.9 Å². The van der Waals surface area contributed by atoms with Crippen molar-refractivity contribution in [2.45, 2.75) is 25.5 Å². The molecule has 1 aliphatic heterocycles. The Morgan fingerprint density at radius 3 is 2.91 bits per heavy atom. The molecule has 10 heteroatoms. The third-order valence-electron chi connectivity index (χ3n) is 5.57. The Kier molecular flexibility index (Phi) is 6.09. The first-order valence-corrected chi connectivity index (χ1v) is 10.3. The molecule has 0 aromatic carbocycles. The Balaban J connectivity index is 1.62. The number of carbonyl (C=O) groups is 1. The van der Waals surface area contributed by atoms with E-state index in [9.17, 15) is 10.1 Å². The van der Waals surface area contributed by atoms with Crippen LogP contribution in [0.25, 0.3) is 16.6 Å². The number of rotatable bonds is 6. The Morgan fingerprint density at radius 2 is 2.25 bits per heavy atom. The molecule has 1 aliphatic rings. The molecule has 3 aromatic heterocycles. The fraction of sp³-hybridized carbons (Fsp3) is 0.364. The summed E-state index contributed by atoms with van der Waals surface area (Å²) >= 11 is 0. The number of fused-ring (bicyclic) bond motifs is 1. The molecule has 0 radical (unpaired) electrons. The van der Waals surface area contributed by atoms with E-state index in [2.05, 4.69) is 26.4 Å². The van der Waals surface area contributed by atoms with Gasteiger partial charge in [0.2, 0.25) is 0 Å². The van der Waals surface area contributed by atoms with Gasteiger partial charge in [-0.25, -0.2) is 14.3 Å². The van der Waals surface area contributed by atoms with Gasteiger partial charge in [0.25, 0.3) is 0 Å². The van der Waals surface area contributed by atoms with Gasteiger partial charge in [0.05, 0.1) is 42.2 Å². The second kappa shape index (κ2) is 9.11. The minimum atomic E-state index is -1.05. The van der Waals surface area contributed by atoms with Crippen molar-refractivity contribution in [2.75, 3.05) is 31.7 Å². The molecule has 2 atom stereocenters. The number of carboxylic acid groups (broad SMARTS) is 1. The quantitative estimate of drug-likeness (QED) is 0.604. The van der Waals surface area contributed by atoms with Crippen LogP contribution in [-0.4, -0.2) is 64.7 Å². The molecule has 0 aliphatic carbocycles. The Morgan fingerprint density at radius 1 is 1.41 bits per heavy atom. The predicted molar refractivity (Wildman–Crippen MR) is 117 cm³/mol. The Bertz CT molecular complexity index is 1150. The number of hydrogen-bond donors (Lipinski definition) is 2. The molecule has 1 amide bonds. The monoisotopic (exact) mass is 436 g/mol. The number of methoxy groups -OCH3 is 1. The zero-order chi connectivity index (χ0) is 22.7. The fourth-order valence-corrected chi connectivity index (χ4v) is 4.06. The largest absolute Gasteiger partial charge is 0.492 e. The SMILES string of the molecule is CCOc1cc(-c2ccc(N3CCC(NC(=O)O)C(OC)C3)nc2)c2c(C#N)cnn2c1. The normalized spacial score (nSPS) is 18.3. The van der Waals surface area contributed by atoms with Crippen molar-refractivity contribution in [3.05, 3.63) is 42.4 Å². The zero-order valence-corrected chi connectivity index (χ0v) is 17.9. The maximum Gasteiger partial charge on any atom is 0.404 e. The summed E-state index contributed by atoms with van der Waals surface area (Å²) in [6.07, 6.45) is 4.35. The number of nitrogens with one attached hydrogen (secondary N) is 1. The van der Waals surface area contributed by atoms with Crippen molar-refractivity contribution in [1.29, 1.82) is 5.26 Å². The lowest BCUT2D eigenvalue weighted by atomic mass is 10.0. The molecule has 2 N–H and O–H groups in total. The molecule has 32 heavy (non-hydrogen) atoms. The second-order valence-electron chi connectivity index (χ2n) is 7.46. The van der Waals surface area contributed by atoms with E-state index in [-0.39, 0.29) is 12.1 Å². The smallest absolute Gasteiger partial charge is 0.404 e. The van der Waals surface area contributed by atoms with Crippen molar-refractivity contribution in [2.24, 2.45) is 0 Å². The fourth-order valence-electron chi connectivity index (χ4n) is 4.06. The topological polar surface area (TPSA) is 125 Å². The van der Waals surface area contributed by atoms with E-state index in [0.717, 1.165) is 16.9 Å². The van der Waals surface area contributed by atoms with Crippen molar-refractivity contribution in [3.8, 4) is 22.9 Å². The standard InChI is InChI=1S/C22H24N6O4/c1-3-32-16-8-17(21-15(9-23)11-25-28(21)12-16)14-4-5-20(24-10-14)27-7-6-18(26-22(29)30)19(13-27)31-2/h4-5,8,10-12,18-19,26H,3,6-7,13H2,1-2H3,(H,29,30). The predicted octanol–water partition coefficient (Wildman–Crippen LogP) is 2.53. The number of ether oxygens (including phenoxy) is 2. The third-order valence-corrected chi connectivity index (χ3v) is 5.57. The summed E-state index contributed by atoms with van der Waals surface area (Å²) < 4.78 is 12.8. The van der Waals surface area contributed by atoms with Crippen LogP contribution in [0.4, 0.5) is 10.6 Å². The molecule has 0 saturated carbocycles. The molecule has 1 fully saturated rings. The van der Waals surface area contributed by atoms with Crippen LogP contribution in [0.15, 0.2) is 36.8 Å². The van der Waals surface area contributed by atoms with Gasteiger partial charge < -0.3 is 24.8 Å². The number of nitrogens with zero attached hydrogens (tertiary/aromatic N) is 5. The van der Waals surface area contributed by atoms with Gasteiger partial charge in [-0.05, 0) is 31.5 Å². The van der Waals surface area contributed by atoms with Crippen LogP contribution in [0.5, 0.6) is 5.75 Å². The van der Waals surface area contributed by atoms with E-state index >= 15 is 0 Å². The molecule has 166 valence electrons. The summed E-state index contributed by atoms with van der Waals surface area (Å²) in [5, 5.41) is 25.3. The average molecular weight is 436 g/mol. The molecule has 4 heterocycles. The number of hydrogen-bond acceptors (Lipinski definition) is 7. The lowest BCUT2D eigenvalue weighted by molar-refractivity contribution is 0.0594. The molecule has 0 bridgehead atoms. The highest BCUT2D eigenvalue weighted by Crippen LogP contribution is 2.31. The minimum Gasteiger partial charge on any atom is -0.492 e. The maximum absolute atomic E-state index is 11.0. The Labute approximate surface area is 185 Å². The van der Waals surface area contributed by atoms with Gasteiger partial charge >= 0.3 is 6.09 Å². The number of piperidine rings is 1. The van der Waals surface area contributed by atoms with Crippen LogP contribution in [0.3, 0.4) is 0 Å². The van der Waals surface area contributed by atoms with Gasteiger partial charge in [-0.2, -0.15) is 10.4 Å². The van der Waals surface area contributed by atoms with Crippen LogP contribution in [0, 0.1) is 11.3 Å². The van der Waals surface area contributed by atoms with Gasteiger partial charge in [-0.15, -0.1) is 0 Å². The van der Waals surface area contributed by atoms with Gasteiger partial charge in [0, 0.05) is 37.5 Å². The van der Waals surface area contributed by atoms with Crippen LogP contribution in [0.1, 0.15) is 18.9 Å².